The van der Waals surface area contributed by atoms with Crippen molar-refractivity contribution >= 4 is 40.3 Å². The van der Waals surface area contributed by atoms with Crippen molar-refractivity contribution in [3.63, 3.8) is 0 Å². The summed E-state index contributed by atoms with van der Waals surface area (Å²) in [5.41, 5.74) is 2.42. The van der Waals surface area contributed by atoms with Crippen molar-refractivity contribution in [1.29, 1.82) is 0 Å². The van der Waals surface area contributed by atoms with Crippen LogP contribution in [0.3, 0.4) is 0 Å². The third-order valence-corrected chi connectivity index (χ3v) is 4.90. The number of unbranched alkanes of at least 4 members (excludes halogenated alkanes) is 5. The molecule has 0 unspecified atom stereocenters. The molecule has 22 heavy (non-hydrogen) atoms. The van der Waals surface area contributed by atoms with E-state index in [2.05, 4.69) is 36.5 Å². The normalized spacial score (nSPS) is 16.3. The lowest BCUT2D eigenvalue weighted by molar-refractivity contribution is -0.115. The van der Waals surface area contributed by atoms with Gasteiger partial charge in [0.1, 0.15) is 4.32 Å². The van der Waals surface area contributed by atoms with Crippen molar-refractivity contribution in [3.05, 3.63) is 40.3 Å². The maximum absolute atomic E-state index is 11.6. The number of thiocarbonyl (C=S) groups is 1. The molecule has 2 nitrogen and oxygen atoms in total. The third-order valence-electron chi connectivity index (χ3n) is 3.74. The molecular weight excluding hydrogens is 310 g/mol. The van der Waals surface area contributed by atoms with Gasteiger partial charge in [-0.15, -0.1) is 0 Å². The number of benzene rings is 1. The first-order valence-corrected chi connectivity index (χ1v) is 9.25. The Balaban J connectivity index is 1.79. The molecular formula is C18H23NOS2. The molecule has 1 amide bonds. The molecule has 0 radical (unpaired) electrons. The summed E-state index contributed by atoms with van der Waals surface area (Å²) in [7, 11) is 0. The zero-order valence-electron chi connectivity index (χ0n) is 13.1. The van der Waals surface area contributed by atoms with E-state index in [0.717, 1.165) is 12.0 Å². The van der Waals surface area contributed by atoms with Crippen LogP contribution in [0, 0.1) is 0 Å². The minimum Gasteiger partial charge on any atom is -0.307 e. The predicted octanol–water partition coefficient (Wildman–Crippen LogP) is 5.08. The number of amides is 1. The summed E-state index contributed by atoms with van der Waals surface area (Å²) < 4.78 is 0.538. The third kappa shape index (κ3) is 5.58. The Hall–Kier alpha value is -1.13. The average molecular weight is 334 g/mol. The van der Waals surface area contributed by atoms with Gasteiger partial charge >= 0.3 is 0 Å². The Morgan fingerprint density at radius 2 is 1.77 bits per heavy atom. The number of hydrogen-bond acceptors (Lipinski definition) is 3. The summed E-state index contributed by atoms with van der Waals surface area (Å²) in [6.07, 6.45) is 11.0. The fourth-order valence-corrected chi connectivity index (χ4v) is 3.51. The van der Waals surface area contributed by atoms with Crippen LogP contribution in [0.5, 0.6) is 0 Å². The van der Waals surface area contributed by atoms with Crippen molar-refractivity contribution in [3.8, 4) is 0 Å². The van der Waals surface area contributed by atoms with Gasteiger partial charge in [0.2, 0.25) is 0 Å². The maximum atomic E-state index is 11.6. The zero-order chi connectivity index (χ0) is 15.8. The Morgan fingerprint density at radius 3 is 2.41 bits per heavy atom. The Morgan fingerprint density at radius 1 is 1.09 bits per heavy atom. The lowest BCUT2D eigenvalue weighted by Gasteiger charge is -2.03. The van der Waals surface area contributed by atoms with Crippen LogP contribution < -0.4 is 5.32 Å². The molecule has 1 aromatic rings. The molecule has 2 rings (SSSR count). The summed E-state index contributed by atoms with van der Waals surface area (Å²) >= 11 is 6.31. The van der Waals surface area contributed by atoms with Crippen LogP contribution in [0.2, 0.25) is 0 Å². The van der Waals surface area contributed by atoms with Crippen molar-refractivity contribution in [2.75, 3.05) is 0 Å². The first-order valence-electron chi connectivity index (χ1n) is 8.03. The molecule has 0 saturated carbocycles. The minimum atomic E-state index is -0.0915. The highest BCUT2D eigenvalue weighted by Crippen LogP contribution is 2.25. The second-order valence-electron chi connectivity index (χ2n) is 5.61. The van der Waals surface area contributed by atoms with E-state index in [9.17, 15) is 4.79 Å². The van der Waals surface area contributed by atoms with Gasteiger partial charge in [-0.2, -0.15) is 0 Å². The Bertz CT molecular complexity index is 549. The monoisotopic (exact) mass is 333 g/mol. The molecule has 0 aliphatic carbocycles. The first kappa shape index (κ1) is 17.2. The number of carbonyl (C=O) groups excluding carboxylic acids is 1. The number of rotatable bonds is 8. The zero-order valence-corrected chi connectivity index (χ0v) is 14.7. The van der Waals surface area contributed by atoms with Gasteiger partial charge in [-0.25, -0.2) is 0 Å². The summed E-state index contributed by atoms with van der Waals surface area (Å²) in [4.78, 5) is 12.3. The quantitative estimate of drug-likeness (QED) is 0.409. The van der Waals surface area contributed by atoms with E-state index in [1.54, 1.807) is 0 Å². The highest BCUT2D eigenvalue weighted by atomic mass is 32.2. The highest BCUT2D eigenvalue weighted by molar-refractivity contribution is 8.26. The molecule has 1 saturated heterocycles. The molecule has 4 heteroatoms. The van der Waals surface area contributed by atoms with Crippen molar-refractivity contribution in [1.82, 2.24) is 5.32 Å². The number of carbonyl (C=O) groups is 1. The summed E-state index contributed by atoms with van der Waals surface area (Å²) in [5.74, 6) is -0.0915. The van der Waals surface area contributed by atoms with E-state index in [0.29, 0.717) is 9.23 Å². The molecule has 1 aliphatic heterocycles. The second-order valence-corrected chi connectivity index (χ2v) is 7.33. The van der Waals surface area contributed by atoms with Crippen LogP contribution in [-0.4, -0.2) is 10.2 Å². The SMILES string of the molecule is CCCCCCCCc1ccc(C=C2SC(=S)NC2=O)cc1. The lowest BCUT2D eigenvalue weighted by atomic mass is 10.0. The van der Waals surface area contributed by atoms with Crippen molar-refractivity contribution in [2.24, 2.45) is 0 Å². The van der Waals surface area contributed by atoms with Crippen LogP contribution in [0.1, 0.15) is 56.6 Å². The number of aryl methyl sites for hydroxylation is 1. The van der Waals surface area contributed by atoms with Gasteiger partial charge in [-0.1, -0.05) is 87.3 Å². The summed E-state index contributed by atoms with van der Waals surface area (Å²) in [6.45, 7) is 2.25. The van der Waals surface area contributed by atoms with Crippen LogP contribution in [0.15, 0.2) is 29.2 Å². The van der Waals surface area contributed by atoms with Gasteiger partial charge in [-0.3, -0.25) is 4.79 Å². The molecule has 1 aliphatic rings. The van der Waals surface area contributed by atoms with Gasteiger partial charge in [0.25, 0.3) is 5.91 Å². The standard InChI is InChI=1S/C18H23NOS2/c1-2-3-4-5-6-7-8-14-9-11-15(12-10-14)13-16-17(20)19-18(21)22-16/h9-13H,2-8H2,1H3,(H,19,20,21). The van der Waals surface area contributed by atoms with Crippen LogP contribution in [0.4, 0.5) is 0 Å². The second kappa shape index (κ2) is 9.11. The highest BCUT2D eigenvalue weighted by Gasteiger charge is 2.21. The summed E-state index contributed by atoms with van der Waals surface area (Å²) in [5, 5.41) is 2.63. The molecule has 1 N–H and O–H groups in total. The van der Waals surface area contributed by atoms with Crippen LogP contribution in [0.25, 0.3) is 6.08 Å². The Labute approximate surface area is 142 Å². The Kier molecular flexibility index (Phi) is 7.13. The lowest BCUT2D eigenvalue weighted by Crippen LogP contribution is -2.17. The first-order chi connectivity index (χ1) is 10.7. The number of hydrogen-bond donors (Lipinski definition) is 1. The van der Waals surface area contributed by atoms with E-state index >= 15 is 0 Å². The fraction of sp³-hybridized carbons (Fsp3) is 0.444. The van der Waals surface area contributed by atoms with Crippen molar-refractivity contribution in [2.45, 2.75) is 51.9 Å². The predicted molar refractivity (Wildman–Crippen MR) is 99.8 cm³/mol. The van der Waals surface area contributed by atoms with E-state index < -0.39 is 0 Å². The molecule has 0 spiro atoms. The molecule has 1 fully saturated rings. The van der Waals surface area contributed by atoms with Gasteiger partial charge in [0.15, 0.2) is 0 Å². The van der Waals surface area contributed by atoms with E-state index in [-0.39, 0.29) is 5.91 Å². The van der Waals surface area contributed by atoms with Gasteiger partial charge in [0, 0.05) is 0 Å². The van der Waals surface area contributed by atoms with E-state index in [1.165, 1.54) is 55.9 Å². The molecule has 1 heterocycles. The minimum absolute atomic E-state index is 0.0915. The average Bonchev–Trinajstić information content (AvgIpc) is 2.82. The molecule has 1 aromatic carbocycles. The summed E-state index contributed by atoms with van der Waals surface area (Å²) in [6, 6.07) is 8.48. The molecule has 0 atom stereocenters. The van der Waals surface area contributed by atoms with Gasteiger partial charge in [0.05, 0.1) is 4.91 Å². The topological polar surface area (TPSA) is 29.1 Å². The van der Waals surface area contributed by atoms with Gasteiger partial charge < -0.3 is 5.32 Å². The molecule has 0 bridgehead atoms. The van der Waals surface area contributed by atoms with E-state index in [1.807, 2.05) is 6.08 Å². The smallest absolute Gasteiger partial charge is 0.263 e. The molecule has 0 aromatic heterocycles. The number of nitrogens with one attached hydrogen (secondary N) is 1. The largest absolute Gasteiger partial charge is 0.307 e. The van der Waals surface area contributed by atoms with Gasteiger partial charge in [-0.05, 0) is 30.0 Å². The van der Waals surface area contributed by atoms with Crippen LogP contribution in [-0.2, 0) is 11.2 Å². The van der Waals surface area contributed by atoms with Crippen LogP contribution >= 0.6 is 24.0 Å². The molecule has 118 valence electrons. The fourth-order valence-electron chi connectivity index (χ4n) is 2.46. The number of thioether (sulfide) groups is 1. The van der Waals surface area contributed by atoms with E-state index in [4.69, 9.17) is 12.2 Å². The maximum Gasteiger partial charge on any atom is 0.263 e. The van der Waals surface area contributed by atoms with Crippen molar-refractivity contribution < 1.29 is 4.79 Å².